The highest BCUT2D eigenvalue weighted by atomic mass is 19.1. The highest BCUT2D eigenvalue weighted by Gasteiger charge is 2.12. The first-order valence-electron chi connectivity index (χ1n) is 6.10. The number of ether oxygens (including phenoxy) is 1. The predicted molar refractivity (Wildman–Crippen MR) is 69.4 cm³/mol. The third-order valence-electron chi connectivity index (χ3n) is 3.16. The molecule has 0 fully saturated rings. The molecule has 0 saturated heterocycles. The molecule has 1 aromatic carbocycles. The lowest BCUT2D eigenvalue weighted by Gasteiger charge is -2.12. The summed E-state index contributed by atoms with van der Waals surface area (Å²) >= 11 is 0. The summed E-state index contributed by atoms with van der Waals surface area (Å²) in [6.07, 6.45) is 2.33. The number of halogens is 1. The summed E-state index contributed by atoms with van der Waals surface area (Å²) in [5.41, 5.74) is 1.70. The van der Waals surface area contributed by atoms with Crippen LogP contribution in [0.25, 0.3) is 0 Å². The molecule has 2 aromatic rings. The number of hydrogen-bond donors (Lipinski definition) is 1. The van der Waals surface area contributed by atoms with Crippen LogP contribution in [0.3, 0.4) is 0 Å². The molecule has 4 nitrogen and oxygen atoms in total. The van der Waals surface area contributed by atoms with E-state index in [1.54, 1.807) is 16.9 Å². The van der Waals surface area contributed by atoms with E-state index in [9.17, 15) is 9.50 Å². The second-order valence-corrected chi connectivity index (χ2v) is 4.39. The first kappa shape index (κ1) is 13.5. The Morgan fingerprint density at radius 1 is 1.42 bits per heavy atom. The van der Waals surface area contributed by atoms with Crippen molar-refractivity contribution in [2.45, 2.75) is 18.9 Å². The van der Waals surface area contributed by atoms with Crippen LogP contribution in [0.15, 0.2) is 30.5 Å². The lowest BCUT2D eigenvalue weighted by Crippen LogP contribution is -2.04. The predicted octanol–water partition coefficient (Wildman–Crippen LogP) is 2.23. The van der Waals surface area contributed by atoms with Crippen LogP contribution >= 0.6 is 0 Å². The molecule has 1 aromatic heterocycles. The lowest BCUT2D eigenvalue weighted by molar-refractivity contribution is 0.166. The minimum atomic E-state index is -0.649. The Bertz CT molecular complexity index is 554. The van der Waals surface area contributed by atoms with Crippen LogP contribution in [0.4, 0.5) is 4.39 Å². The molecule has 0 aliphatic carbocycles. The van der Waals surface area contributed by atoms with E-state index in [1.165, 1.54) is 19.2 Å². The van der Waals surface area contributed by atoms with Gasteiger partial charge >= 0.3 is 0 Å². The van der Waals surface area contributed by atoms with E-state index in [2.05, 4.69) is 5.10 Å². The summed E-state index contributed by atoms with van der Waals surface area (Å²) in [6.45, 7) is 0. The van der Waals surface area contributed by atoms with E-state index in [0.717, 1.165) is 5.69 Å². The molecule has 2 rings (SSSR count). The zero-order valence-corrected chi connectivity index (χ0v) is 11.0. The van der Waals surface area contributed by atoms with Gasteiger partial charge in [0.15, 0.2) is 11.6 Å². The fourth-order valence-corrected chi connectivity index (χ4v) is 1.98. The highest BCUT2D eigenvalue weighted by Crippen LogP contribution is 2.25. The molecule has 0 aliphatic heterocycles. The quantitative estimate of drug-likeness (QED) is 0.901. The van der Waals surface area contributed by atoms with Crippen LogP contribution in [-0.4, -0.2) is 22.0 Å². The number of methoxy groups -OCH3 is 1. The third-order valence-corrected chi connectivity index (χ3v) is 3.16. The van der Waals surface area contributed by atoms with Crippen molar-refractivity contribution in [2.75, 3.05) is 7.11 Å². The van der Waals surface area contributed by atoms with E-state index in [4.69, 9.17) is 4.74 Å². The van der Waals surface area contributed by atoms with Crippen LogP contribution in [0.5, 0.6) is 5.75 Å². The van der Waals surface area contributed by atoms with Gasteiger partial charge in [0.1, 0.15) is 0 Å². The molecule has 1 atom stereocenters. The van der Waals surface area contributed by atoms with Crippen molar-refractivity contribution in [3.05, 3.63) is 47.5 Å². The van der Waals surface area contributed by atoms with Crippen molar-refractivity contribution >= 4 is 0 Å². The molecule has 5 heteroatoms. The van der Waals surface area contributed by atoms with Crippen LogP contribution in [-0.2, 0) is 13.5 Å². The Hall–Kier alpha value is -1.88. The van der Waals surface area contributed by atoms with Crippen molar-refractivity contribution in [2.24, 2.45) is 7.05 Å². The smallest absolute Gasteiger partial charge is 0.165 e. The van der Waals surface area contributed by atoms with Gasteiger partial charge in [0, 0.05) is 18.9 Å². The number of aromatic nitrogens is 2. The number of benzene rings is 1. The van der Waals surface area contributed by atoms with Crippen LogP contribution in [0, 0.1) is 5.82 Å². The van der Waals surface area contributed by atoms with Crippen molar-refractivity contribution in [1.29, 1.82) is 0 Å². The molecule has 0 bridgehead atoms. The van der Waals surface area contributed by atoms with Gasteiger partial charge in [-0.05, 0) is 36.6 Å². The van der Waals surface area contributed by atoms with Gasteiger partial charge < -0.3 is 9.84 Å². The summed E-state index contributed by atoms with van der Waals surface area (Å²) < 4.78 is 20.0. The van der Waals surface area contributed by atoms with Gasteiger partial charge in [-0.1, -0.05) is 6.07 Å². The molecule has 0 spiro atoms. The van der Waals surface area contributed by atoms with Crippen molar-refractivity contribution in [1.82, 2.24) is 9.78 Å². The van der Waals surface area contributed by atoms with Crippen LogP contribution in [0.1, 0.15) is 23.8 Å². The molecule has 0 radical (unpaired) electrons. The molecule has 1 unspecified atom stereocenters. The number of aliphatic hydroxyl groups is 1. The molecule has 1 heterocycles. The Morgan fingerprint density at radius 3 is 2.84 bits per heavy atom. The zero-order valence-electron chi connectivity index (χ0n) is 11.0. The second-order valence-electron chi connectivity index (χ2n) is 4.39. The fraction of sp³-hybridized carbons (Fsp3) is 0.357. The molecule has 19 heavy (non-hydrogen) atoms. The zero-order chi connectivity index (χ0) is 13.8. The minimum Gasteiger partial charge on any atom is -0.494 e. The maximum Gasteiger partial charge on any atom is 0.165 e. The Balaban J connectivity index is 2.03. The number of nitrogens with zero attached hydrogens (tertiary/aromatic N) is 2. The summed E-state index contributed by atoms with van der Waals surface area (Å²) in [6, 6.07) is 6.33. The van der Waals surface area contributed by atoms with Gasteiger partial charge in [-0.3, -0.25) is 4.68 Å². The molecule has 1 N–H and O–H groups in total. The average Bonchev–Trinajstić information content (AvgIpc) is 2.82. The molecular formula is C14H17FN2O2. The maximum absolute atomic E-state index is 13.3. The van der Waals surface area contributed by atoms with E-state index in [-0.39, 0.29) is 5.75 Å². The summed E-state index contributed by atoms with van der Waals surface area (Å²) in [7, 11) is 3.27. The second kappa shape index (κ2) is 5.84. The normalized spacial score (nSPS) is 12.4. The van der Waals surface area contributed by atoms with Crippen molar-refractivity contribution in [3.63, 3.8) is 0 Å². The van der Waals surface area contributed by atoms with Gasteiger partial charge in [-0.2, -0.15) is 5.10 Å². The molecule has 0 amide bonds. The molecule has 0 saturated carbocycles. The van der Waals surface area contributed by atoms with Crippen molar-refractivity contribution < 1.29 is 14.2 Å². The molecule has 0 aliphatic rings. The summed E-state index contributed by atoms with van der Waals surface area (Å²) in [5, 5.41) is 14.2. The fourth-order valence-electron chi connectivity index (χ4n) is 1.98. The largest absolute Gasteiger partial charge is 0.494 e. The maximum atomic E-state index is 13.3. The van der Waals surface area contributed by atoms with E-state index < -0.39 is 11.9 Å². The van der Waals surface area contributed by atoms with Gasteiger partial charge in [0.05, 0.1) is 13.2 Å². The monoisotopic (exact) mass is 264 g/mol. The number of hydrogen-bond acceptors (Lipinski definition) is 3. The van der Waals surface area contributed by atoms with Crippen LogP contribution in [0.2, 0.25) is 0 Å². The summed E-state index contributed by atoms with van der Waals surface area (Å²) in [4.78, 5) is 0. The molecular weight excluding hydrogens is 247 g/mol. The van der Waals surface area contributed by atoms with Gasteiger partial charge in [0.25, 0.3) is 0 Å². The lowest BCUT2D eigenvalue weighted by atomic mass is 10.0. The van der Waals surface area contributed by atoms with Gasteiger partial charge in [0.2, 0.25) is 0 Å². The standard InChI is InChI=1S/C14H17FN2O2/c1-17-11(7-8-16-17)4-6-13(18)10-3-5-12(15)14(9-10)19-2/h3,5,7-9,13,18H,4,6H2,1-2H3. The van der Waals surface area contributed by atoms with E-state index in [1.807, 2.05) is 13.1 Å². The van der Waals surface area contributed by atoms with Gasteiger partial charge in [-0.25, -0.2) is 4.39 Å². The topological polar surface area (TPSA) is 47.3 Å². The SMILES string of the molecule is COc1cc(C(O)CCc2ccnn2C)ccc1F. The van der Waals surface area contributed by atoms with E-state index in [0.29, 0.717) is 18.4 Å². The average molecular weight is 264 g/mol. The van der Waals surface area contributed by atoms with Crippen molar-refractivity contribution in [3.8, 4) is 5.75 Å². The van der Waals surface area contributed by atoms with Gasteiger partial charge in [-0.15, -0.1) is 0 Å². The third kappa shape index (κ3) is 3.12. The Morgan fingerprint density at radius 2 is 2.21 bits per heavy atom. The highest BCUT2D eigenvalue weighted by molar-refractivity contribution is 5.31. The Kier molecular flexibility index (Phi) is 4.16. The summed E-state index contributed by atoms with van der Waals surface area (Å²) in [5.74, 6) is -0.276. The number of aliphatic hydroxyl groups excluding tert-OH is 1. The number of aryl methyl sites for hydroxylation is 2. The van der Waals surface area contributed by atoms with E-state index >= 15 is 0 Å². The molecule has 102 valence electrons. The first-order valence-corrected chi connectivity index (χ1v) is 6.10. The Labute approximate surface area is 111 Å². The number of rotatable bonds is 5. The minimum absolute atomic E-state index is 0.150. The first-order chi connectivity index (χ1) is 9.11. The van der Waals surface area contributed by atoms with Crippen LogP contribution < -0.4 is 4.74 Å².